The first-order valence-corrected chi connectivity index (χ1v) is 10.6. The number of hydrogen-bond donors (Lipinski definition) is 3. The number of halogens is 3. The first kappa shape index (κ1) is 22.2. The van der Waals surface area contributed by atoms with Crippen LogP contribution in [-0.2, 0) is 10.3 Å². The first-order valence-electron chi connectivity index (χ1n) is 10.2. The zero-order chi connectivity index (χ0) is 23.3. The number of hydrogen-bond acceptors (Lipinski definition) is 4. The lowest BCUT2D eigenvalue weighted by Gasteiger charge is -2.53. The molecular weight excluding hydrogens is 444 g/mol. The van der Waals surface area contributed by atoms with E-state index >= 15 is 0 Å². The third kappa shape index (κ3) is 3.42. The van der Waals surface area contributed by atoms with Gasteiger partial charge < -0.3 is 20.9 Å². The van der Waals surface area contributed by atoms with Crippen molar-refractivity contribution >= 4 is 35.0 Å². The van der Waals surface area contributed by atoms with Gasteiger partial charge in [-0.05, 0) is 44.6 Å². The highest BCUT2D eigenvalue weighted by molar-refractivity contribution is 6.33. The summed E-state index contributed by atoms with van der Waals surface area (Å²) >= 11 is 5.93. The van der Waals surface area contributed by atoms with E-state index in [1.165, 1.54) is 13.4 Å². The minimum atomic E-state index is -0.937. The molecule has 32 heavy (non-hydrogen) atoms. The Labute approximate surface area is 187 Å². The Morgan fingerprint density at radius 2 is 1.75 bits per heavy atom. The molecule has 0 aliphatic heterocycles. The van der Waals surface area contributed by atoms with Crippen LogP contribution in [0.1, 0.15) is 59.5 Å². The van der Waals surface area contributed by atoms with Crippen molar-refractivity contribution in [3.8, 4) is 0 Å². The molecule has 5 rings (SSSR count). The molecule has 11 heteroatoms. The van der Waals surface area contributed by atoms with Crippen LogP contribution in [0.15, 0.2) is 18.5 Å². The third-order valence-corrected chi connectivity index (χ3v) is 7.19. The van der Waals surface area contributed by atoms with Crippen LogP contribution in [-0.4, -0.2) is 34.3 Å². The fraction of sp³-hybridized carbons (Fsp3) is 0.429. The number of nitrogens with zero attached hydrogens (tertiary/aromatic N) is 2. The molecule has 3 fully saturated rings. The highest BCUT2D eigenvalue weighted by atomic mass is 35.5. The molecular formula is C21H22ClF2N5O3. The van der Waals surface area contributed by atoms with Crippen molar-refractivity contribution in [3.63, 3.8) is 0 Å². The van der Waals surface area contributed by atoms with Gasteiger partial charge in [-0.25, -0.2) is 13.8 Å². The van der Waals surface area contributed by atoms with Gasteiger partial charge in [0.1, 0.15) is 11.5 Å². The van der Waals surface area contributed by atoms with E-state index in [-0.39, 0.29) is 28.0 Å². The van der Waals surface area contributed by atoms with Crippen LogP contribution >= 0.6 is 11.6 Å². The molecule has 0 unspecified atom stereocenters. The van der Waals surface area contributed by atoms with Gasteiger partial charge in [0, 0.05) is 24.1 Å². The van der Waals surface area contributed by atoms with Crippen molar-refractivity contribution in [2.45, 2.75) is 44.1 Å². The molecule has 2 aromatic rings. The fourth-order valence-electron chi connectivity index (χ4n) is 5.00. The number of nitrogens with one attached hydrogen (secondary N) is 2. The van der Waals surface area contributed by atoms with Crippen molar-refractivity contribution < 1.29 is 23.2 Å². The Balaban J connectivity index is 1.59. The second kappa shape index (κ2) is 7.84. The maximum absolute atomic E-state index is 14.2. The smallest absolute Gasteiger partial charge is 0.270 e. The summed E-state index contributed by atoms with van der Waals surface area (Å²) in [6, 6.07) is 1.61. The Morgan fingerprint density at radius 3 is 2.28 bits per heavy atom. The van der Waals surface area contributed by atoms with Crippen molar-refractivity contribution in [2.24, 2.45) is 11.1 Å². The van der Waals surface area contributed by atoms with Gasteiger partial charge in [0.15, 0.2) is 11.5 Å². The number of benzene rings is 1. The first-order chi connectivity index (χ1) is 15.1. The molecule has 3 aliphatic rings. The van der Waals surface area contributed by atoms with Gasteiger partial charge >= 0.3 is 0 Å². The van der Waals surface area contributed by atoms with Crippen LogP contribution in [0.25, 0.3) is 0 Å². The van der Waals surface area contributed by atoms with Crippen molar-refractivity contribution in [1.29, 1.82) is 0 Å². The molecule has 0 radical (unpaired) electrons. The number of imidazole rings is 1. The van der Waals surface area contributed by atoms with Crippen LogP contribution in [0.4, 0.5) is 14.5 Å². The number of aromatic nitrogens is 2. The minimum Gasteiger partial charge on any atom is -0.364 e. The summed E-state index contributed by atoms with van der Waals surface area (Å²) in [6.45, 7) is 0. The van der Waals surface area contributed by atoms with E-state index in [0.29, 0.717) is 44.6 Å². The maximum atomic E-state index is 14.2. The molecule has 0 spiro atoms. The van der Waals surface area contributed by atoms with Crippen LogP contribution in [0.2, 0.25) is 5.02 Å². The van der Waals surface area contributed by atoms with Gasteiger partial charge in [0.05, 0.1) is 17.0 Å². The average molecular weight is 466 g/mol. The Morgan fingerprint density at radius 1 is 1.12 bits per heavy atom. The summed E-state index contributed by atoms with van der Waals surface area (Å²) in [5.41, 5.74) is 3.96. The summed E-state index contributed by atoms with van der Waals surface area (Å²) in [5, 5.41) is 4.85. The lowest BCUT2D eigenvalue weighted by atomic mass is 9.56. The second-order valence-electron chi connectivity index (χ2n) is 8.46. The highest BCUT2D eigenvalue weighted by Gasteiger charge is 2.54. The van der Waals surface area contributed by atoms with Gasteiger partial charge in [-0.1, -0.05) is 11.6 Å². The SMILES string of the molecule is CNC(=O)c1c(C(N)=O)ncn1C12CCC(C(=O)Nc3c(F)cc(F)cc3Cl)(CC1)CC2. The van der Waals surface area contributed by atoms with Crippen molar-refractivity contribution in [2.75, 3.05) is 12.4 Å². The number of amides is 3. The summed E-state index contributed by atoms with van der Waals surface area (Å²) < 4.78 is 29.2. The summed E-state index contributed by atoms with van der Waals surface area (Å²) in [5.74, 6) is -3.39. The van der Waals surface area contributed by atoms with E-state index in [1.54, 1.807) is 4.57 Å². The van der Waals surface area contributed by atoms with Crippen LogP contribution in [0.5, 0.6) is 0 Å². The van der Waals surface area contributed by atoms with Gasteiger partial charge in [-0.3, -0.25) is 14.4 Å². The summed E-state index contributed by atoms with van der Waals surface area (Å²) in [7, 11) is 1.46. The molecule has 170 valence electrons. The number of primary amides is 1. The molecule has 1 heterocycles. The summed E-state index contributed by atoms with van der Waals surface area (Å²) in [4.78, 5) is 41.4. The predicted octanol–water partition coefficient (Wildman–Crippen LogP) is 2.96. The summed E-state index contributed by atoms with van der Waals surface area (Å²) in [6.07, 6.45) is 4.57. The van der Waals surface area contributed by atoms with E-state index < -0.39 is 34.4 Å². The number of carbonyl (C=O) groups is 3. The normalized spacial score (nSPS) is 24.2. The van der Waals surface area contributed by atoms with E-state index in [9.17, 15) is 23.2 Å². The molecule has 1 aromatic carbocycles. The number of nitrogens with two attached hydrogens (primary N) is 1. The standard InChI is InChI=1S/C21H22ClF2N5O3/c1-26-18(31)16-15(17(25)30)27-10-29(16)21-5-2-20(3-6-21,4-7-21)19(32)28-14-12(22)8-11(23)9-13(14)24/h8-10H,2-7H2,1H3,(H2,25,30)(H,26,31)(H,28,32). The molecule has 3 saturated carbocycles. The Bertz CT molecular complexity index is 1090. The number of fused-ring (bicyclic) bond motifs is 3. The van der Waals surface area contributed by atoms with Crippen LogP contribution < -0.4 is 16.4 Å². The Kier molecular flexibility index (Phi) is 5.44. The largest absolute Gasteiger partial charge is 0.364 e. The zero-order valence-electron chi connectivity index (χ0n) is 17.3. The molecule has 0 saturated heterocycles. The van der Waals surface area contributed by atoms with E-state index in [0.717, 1.165) is 6.07 Å². The zero-order valence-corrected chi connectivity index (χ0v) is 18.1. The van der Waals surface area contributed by atoms with Gasteiger partial charge in [-0.15, -0.1) is 0 Å². The second-order valence-corrected chi connectivity index (χ2v) is 8.87. The highest BCUT2D eigenvalue weighted by Crippen LogP contribution is 2.56. The molecule has 2 bridgehead atoms. The van der Waals surface area contributed by atoms with Gasteiger partial charge in [0.2, 0.25) is 5.91 Å². The molecule has 3 amide bonds. The van der Waals surface area contributed by atoms with E-state index in [4.69, 9.17) is 17.3 Å². The maximum Gasteiger partial charge on any atom is 0.270 e. The Hall–Kier alpha value is -3.01. The van der Waals surface area contributed by atoms with Crippen molar-refractivity contribution in [1.82, 2.24) is 14.9 Å². The molecule has 3 aliphatic carbocycles. The average Bonchev–Trinajstić information content (AvgIpc) is 3.23. The number of carbonyl (C=O) groups excluding carboxylic acids is 3. The molecule has 0 atom stereocenters. The van der Waals surface area contributed by atoms with Crippen molar-refractivity contribution in [3.05, 3.63) is 46.5 Å². The number of anilines is 1. The van der Waals surface area contributed by atoms with E-state index in [2.05, 4.69) is 15.6 Å². The lowest BCUT2D eigenvalue weighted by Crippen LogP contribution is -2.53. The number of rotatable bonds is 5. The lowest BCUT2D eigenvalue weighted by molar-refractivity contribution is -0.134. The molecule has 8 nitrogen and oxygen atoms in total. The topological polar surface area (TPSA) is 119 Å². The monoisotopic (exact) mass is 465 g/mol. The quantitative estimate of drug-likeness (QED) is 0.628. The minimum absolute atomic E-state index is 0.0969. The fourth-order valence-corrected chi connectivity index (χ4v) is 5.24. The van der Waals surface area contributed by atoms with Gasteiger partial charge in [0.25, 0.3) is 11.8 Å². The van der Waals surface area contributed by atoms with Gasteiger partial charge in [-0.2, -0.15) is 0 Å². The predicted molar refractivity (Wildman–Crippen MR) is 112 cm³/mol. The van der Waals surface area contributed by atoms with Crippen LogP contribution in [0.3, 0.4) is 0 Å². The third-order valence-electron chi connectivity index (χ3n) is 6.89. The van der Waals surface area contributed by atoms with E-state index in [1.807, 2.05) is 0 Å². The van der Waals surface area contributed by atoms with Crippen LogP contribution in [0, 0.1) is 17.0 Å². The molecule has 4 N–H and O–H groups in total. The molecule has 1 aromatic heterocycles.